The van der Waals surface area contributed by atoms with E-state index in [0.29, 0.717) is 16.6 Å². The minimum absolute atomic E-state index is 0. The van der Waals surface area contributed by atoms with Gasteiger partial charge in [-0.15, -0.1) is 0 Å². The number of hydrogen-bond acceptors (Lipinski definition) is 3. The molecule has 0 spiro atoms. The molecule has 0 atom stereocenters. The Morgan fingerprint density at radius 1 is 1.46 bits per heavy atom. The fraction of sp³-hybridized carbons (Fsp3) is 0.167. The molecule has 13 heavy (non-hydrogen) atoms. The molecular formula is C6H7Br2ClN2OZn. The molecule has 0 aliphatic carbocycles. The summed E-state index contributed by atoms with van der Waals surface area (Å²) < 4.78 is 4.81. The smallest absolute Gasteiger partial charge is 1.00 e. The van der Waals surface area contributed by atoms with E-state index >= 15 is 0 Å². The fourth-order valence-corrected chi connectivity index (χ4v) is 0.779. The van der Waals surface area contributed by atoms with E-state index in [0.717, 1.165) is 0 Å². The topological polar surface area (TPSA) is 48.1 Å². The van der Waals surface area contributed by atoms with Gasteiger partial charge in [0.05, 0.1) is 17.8 Å². The van der Waals surface area contributed by atoms with Gasteiger partial charge in [-0.1, -0.05) is 11.6 Å². The van der Waals surface area contributed by atoms with Gasteiger partial charge in [0.25, 0.3) is 0 Å². The number of methoxy groups -OCH3 is 1. The Labute approximate surface area is 116 Å². The van der Waals surface area contributed by atoms with Crippen molar-refractivity contribution in [2.45, 2.75) is 0 Å². The normalized spacial score (nSPS) is 7.23. The molecule has 0 aromatic carbocycles. The van der Waals surface area contributed by atoms with Crippen molar-refractivity contribution in [3.63, 3.8) is 0 Å². The number of ether oxygens (including phenoxy) is 1. The van der Waals surface area contributed by atoms with Crippen molar-refractivity contribution in [1.29, 1.82) is 0 Å². The zero-order chi connectivity index (χ0) is 7.56. The molecule has 0 aliphatic rings. The van der Waals surface area contributed by atoms with E-state index in [-0.39, 0.29) is 53.4 Å². The van der Waals surface area contributed by atoms with Gasteiger partial charge in [-0.05, 0) is 6.07 Å². The van der Waals surface area contributed by atoms with Crippen LogP contribution in [-0.2, 0) is 19.5 Å². The van der Waals surface area contributed by atoms with Crippen molar-refractivity contribution >= 4 is 17.3 Å². The van der Waals surface area contributed by atoms with Crippen molar-refractivity contribution in [3.8, 4) is 5.88 Å². The number of nitrogen functional groups attached to an aromatic ring is 1. The van der Waals surface area contributed by atoms with Gasteiger partial charge in [-0.3, -0.25) is 0 Å². The maximum Gasteiger partial charge on any atom is 2.00 e. The molecule has 1 aromatic heterocycles. The van der Waals surface area contributed by atoms with Gasteiger partial charge in [0.15, 0.2) is 0 Å². The molecule has 0 bridgehead atoms. The summed E-state index contributed by atoms with van der Waals surface area (Å²) in [7, 11) is 1.51. The second-order valence-electron chi connectivity index (χ2n) is 1.75. The molecule has 1 rings (SSSR count). The summed E-state index contributed by atoms with van der Waals surface area (Å²) >= 11 is 5.58. The van der Waals surface area contributed by atoms with Gasteiger partial charge in [0.2, 0.25) is 5.88 Å². The van der Waals surface area contributed by atoms with Crippen LogP contribution < -0.4 is 44.4 Å². The summed E-state index contributed by atoms with van der Waals surface area (Å²) in [6.07, 6.45) is 1.48. The van der Waals surface area contributed by atoms with Crippen LogP contribution in [0.25, 0.3) is 0 Å². The average molecular weight is 384 g/mol. The quantitative estimate of drug-likeness (QED) is 0.496. The number of halogens is 3. The maximum absolute atomic E-state index is 5.58. The monoisotopic (exact) mass is 380 g/mol. The van der Waals surface area contributed by atoms with E-state index in [1.54, 1.807) is 6.07 Å². The molecular weight excluding hydrogens is 377 g/mol. The Morgan fingerprint density at radius 2 is 2.00 bits per heavy atom. The molecule has 0 saturated carbocycles. The number of nitrogens with two attached hydrogens (primary N) is 1. The Morgan fingerprint density at radius 3 is 2.38 bits per heavy atom. The van der Waals surface area contributed by atoms with Gasteiger partial charge in [-0.2, -0.15) is 0 Å². The van der Waals surface area contributed by atoms with Crippen molar-refractivity contribution in [3.05, 3.63) is 17.3 Å². The SMILES string of the molecule is COc1ncc(Cl)cc1N.[Br-].[Br-].[Zn+2]. The van der Waals surface area contributed by atoms with Gasteiger partial charge >= 0.3 is 19.5 Å². The summed E-state index contributed by atoms with van der Waals surface area (Å²) in [5.74, 6) is 0.407. The van der Waals surface area contributed by atoms with E-state index in [1.807, 2.05) is 0 Å². The van der Waals surface area contributed by atoms with Crippen LogP contribution in [0.5, 0.6) is 5.88 Å². The molecule has 0 saturated heterocycles. The Hall–Kier alpha value is 0.623. The van der Waals surface area contributed by atoms with Crippen LogP contribution in [-0.4, -0.2) is 12.1 Å². The van der Waals surface area contributed by atoms with Crippen molar-refractivity contribution in [2.75, 3.05) is 12.8 Å². The van der Waals surface area contributed by atoms with E-state index in [9.17, 15) is 0 Å². The summed E-state index contributed by atoms with van der Waals surface area (Å²) in [5, 5.41) is 0.512. The number of aromatic nitrogens is 1. The van der Waals surface area contributed by atoms with Crippen LogP contribution in [0, 0.1) is 0 Å². The third-order valence-corrected chi connectivity index (χ3v) is 1.25. The van der Waals surface area contributed by atoms with Crippen LogP contribution in [0.15, 0.2) is 12.3 Å². The molecule has 70 valence electrons. The van der Waals surface area contributed by atoms with Crippen LogP contribution in [0.1, 0.15) is 0 Å². The number of nitrogens with zero attached hydrogens (tertiary/aromatic N) is 1. The first-order valence-corrected chi connectivity index (χ1v) is 3.07. The second-order valence-corrected chi connectivity index (χ2v) is 2.19. The van der Waals surface area contributed by atoms with Crippen LogP contribution >= 0.6 is 11.6 Å². The van der Waals surface area contributed by atoms with Gasteiger partial charge in [0, 0.05) is 6.20 Å². The van der Waals surface area contributed by atoms with E-state index in [4.69, 9.17) is 22.1 Å². The summed E-state index contributed by atoms with van der Waals surface area (Å²) in [6.45, 7) is 0. The predicted molar refractivity (Wildman–Crippen MR) is 40.2 cm³/mol. The molecule has 0 fully saturated rings. The molecule has 0 radical (unpaired) electrons. The van der Waals surface area contributed by atoms with Crippen molar-refractivity contribution in [1.82, 2.24) is 4.98 Å². The Kier molecular flexibility index (Phi) is 13.6. The molecule has 7 heteroatoms. The first-order valence-electron chi connectivity index (χ1n) is 2.69. The van der Waals surface area contributed by atoms with E-state index in [1.165, 1.54) is 13.3 Å². The Bertz CT molecular complexity index is 252. The summed E-state index contributed by atoms with van der Waals surface area (Å²) in [5.41, 5.74) is 5.91. The van der Waals surface area contributed by atoms with Crippen molar-refractivity contribution < 1.29 is 58.2 Å². The van der Waals surface area contributed by atoms with Crippen LogP contribution in [0.2, 0.25) is 5.02 Å². The minimum atomic E-state index is 0. The van der Waals surface area contributed by atoms with Gasteiger partial charge < -0.3 is 44.4 Å². The summed E-state index contributed by atoms with van der Waals surface area (Å²) in [6, 6.07) is 1.59. The van der Waals surface area contributed by atoms with Crippen LogP contribution in [0.3, 0.4) is 0 Å². The van der Waals surface area contributed by atoms with Crippen LogP contribution in [0.4, 0.5) is 5.69 Å². The number of rotatable bonds is 1. The predicted octanol–water partition coefficient (Wildman–Crippen LogP) is -4.67. The maximum atomic E-state index is 5.58. The second kappa shape index (κ2) is 9.19. The Balaban J connectivity index is -0.000000333. The number of hydrogen-bond donors (Lipinski definition) is 1. The minimum Gasteiger partial charge on any atom is -1.00 e. The molecule has 3 nitrogen and oxygen atoms in total. The summed E-state index contributed by atoms with van der Waals surface area (Å²) in [4.78, 5) is 3.82. The first-order chi connectivity index (χ1) is 4.74. The molecule has 0 unspecified atom stereocenters. The fourth-order valence-electron chi connectivity index (χ4n) is 0.613. The van der Waals surface area contributed by atoms with Gasteiger partial charge in [-0.25, -0.2) is 4.98 Å². The standard InChI is InChI=1S/C6H7ClN2O.2BrH.Zn/c1-10-6-5(8)2-4(7)3-9-6;;;/h2-3H,8H2,1H3;2*1H;/q;;;+2/p-2. The van der Waals surface area contributed by atoms with Gasteiger partial charge in [0.1, 0.15) is 0 Å². The van der Waals surface area contributed by atoms with Crippen molar-refractivity contribution in [2.24, 2.45) is 0 Å². The molecule has 1 aromatic rings. The third-order valence-electron chi connectivity index (χ3n) is 1.04. The molecule has 0 aliphatic heterocycles. The molecule has 1 heterocycles. The molecule has 0 amide bonds. The third kappa shape index (κ3) is 5.84. The largest absolute Gasteiger partial charge is 2.00 e. The molecule has 2 N–H and O–H groups in total. The zero-order valence-electron chi connectivity index (χ0n) is 6.93. The average Bonchev–Trinajstić information content (AvgIpc) is 1.88. The first kappa shape index (κ1) is 19.2. The zero-order valence-corrected chi connectivity index (χ0v) is 13.8. The number of anilines is 1. The van der Waals surface area contributed by atoms with E-state index < -0.39 is 0 Å². The number of pyridine rings is 1. The van der Waals surface area contributed by atoms with E-state index in [2.05, 4.69) is 4.98 Å².